The molecule has 3 rings (SSSR count). The van der Waals surface area contributed by atoms with Gasteiger partial charge in [-0.25, -0.2) is 14.3 Å². The molecule has 0 saturated carbocycles. The second kappa shape index (κ2) is 3.84. The van der Waals surface area contributed by atoms with E-state index in [0.29, 0.717) is 16.7 Å². The molecule has 1 aromatic carbocycles. The molecule has 0 aliphatic carbocycles. The van der Waals surface area contributed by atoms with E-state index in [2.05, 4.69) is 10.1 Å². The van der Waals surface area contributed by atoms with Crippen LogP contribution in [0.2, 0.25) is 0 Å². The second-order valence-electron chi connectivity index (χ2n) is 3.97. The van der Waals surface area contributed by atoms with Crippen LogP contribution in [0.1, 0.15) is 10.5 Å². The van der Waals surface area contributed by atoms with E-state index in [-0.39, 0.29) is 16.9 Å². The molecule has 2 N–H and O–H groups in total. The number of hydrogen-bond acceptors (Lipinski definition) is 4. The van der Waals surface area contributed by atoms with Crippen molar-refractivity contribution < 1.29 is 14.6 Å². The molecular formula is C12H9N3O4. The van der Waals surface area contributed by atoms with E-state index < -0.39 is 5.97 Å². The Labute approximate surface area is 106 Å². The third-order valence-electron chi connectivity index (χ3n) is 2.84. The molecule has 0 spiro atoms. The summed E-state index contributed by atoms with van der Waals surface area (Å²) >= 11 is 0. The summed E-state index contributed by atoms with van der Waals surface area (Å²) in [6.07, 6.45) is 0. The highest BCUT2D eigenvalue weighted by molar-refractivity contribution is 5.87. The number of nitrogens with one attached hydrogen (secondary N) is 1. The molecule has 7 heteroatoms. The molecule has 7 nitrogen and oxygen atoms in total. The number of fused-ring (bicyclic) bond motifs is 2. The van der Waals surface area contributed by atoms with Crippen LogP contribution in [0.3, 0.4) is 0 Å². The number of benzene rings is 1. The van der Waals surface area contributed by atoms with Gasteiger partial charge in [0.1, 0.15) is 11.4 Å². The van der Waals surface area contributed by atoms with E-state index in [1.807, 2.05) is 0 Å². The zero-order valence-corrected chi connectivity index (χ0v) is 9.88. The van der Waals surface area contributed by atoms with Crippen LogP contribution in [0.15, 0.2) is 29.1 Å². The predicted molar refractivity (Wildman–Crippen MR) is 66.8 cm³/mol. The number of ether oxygens (including phenoxy) is 1. The summed E-state index contributed by atoms with van der Waals surface area (Å²) in [5.74, 6) is -0.608. The maximum atomic E-state index is 12.2. The van der Waals surface area contributed by atoms with Crippen molar-refractivity contribution in [3.63, 3.8) is 0 Å². The van der Waals surface area contributed by atoms with Crippen LogP contribution >= 0.6 is 0 Å². The van der Waals surface area contributed by atoms with E-state index in [9.17, 15) is 9.59 Å². The van der Waals surface area contributed by atoms with Crippen molar-refractivity contribution >= 4 is 22.5 Å². The van der Waals surface area contributed by atoms with E-state index in [0.717, 1.165) is 4.52 Å². The molecule has 0 saturated heterocycles. The van der Waals surface area contributed by atoms with Crippen molar-refractivity contribution in [2.45, 2.75) is 0 Å². The topological polar surface area (TPSA) is 96.7 Å². The van der Waals surface area contributed by atoms with Crippen LogP contribution in [0.4, 0.5) is 0 Å². The molecule has 0 aliphatic heterocycles. The van der Waals surface area contributed by atoms with Crippen molar-refractivity contribution in [1.29, 1.82) is 0 Å². The number of methoxy groups -OCH3 is 1. The summed E-state index contributed by atoms with van der Waals surface area (Å²) in [4.78, 5) is 27.3. The Morgan fingerprint density at radius 3 is 2.89 bits per heavy atom. The number of aromatic amines is 1. The van der Waals surface area contributed by atoms with Gasteiger partial charge in [0.05, 0.1) is 18.0 Å². The molecule has 0 aliphatic rings. The summed E-state index contributed by atoms with van der Waals surface area (Å²) in [6, 6.07) is 6.23. The summed E-state index contributed by atoms with van der Waals surface area (Å²) < 4.78 is 6.15. The van der Waals surface area contributed by atoms with Gasteiger partial charge in [-0.1, -0.05) is 0 Å². The first-order valence-electron chi connectivity index (χ1n) is 5.43. The second-order valence-corrected chi connectivity index (χ2v) is 3.97. The average Bonchev–Trinajstić information content (AvgIpc) is 2.83. The number of hydrogen-bond donors (Lipinski definition) is 2. The molecule has 0 fully saturated rings. The fourth-order valence-corrected chi connectivity index (χ4v) is 1.91. The summed E-state index contributed by atoms with van der Waals surface area (Å²) in [5.41, 5.74) is 0.292. The van der Waals surface area contributed by atoms with Crippen LogP contribution in [0, 0.1) is 0 Å². The van der Waals surface area contributed by atoms with Gasteiger partial charge in [0.2, 0.25) is 0 Å². The minimum atomic E-state index is -1.15. The molecule has 3 aromatic rings. The van der Waals surface area contributed by atoms with Gasteiger partial charge in [-0.2, -0.15) is 0 Å². The fraction of sp³-hybridized carbons (Fsp3) is 0.0833. The van der Waals surface area contributed by atoms with E-state index in [1.165, 1.54) is 13.2 Å². The highest BCUT2D eigenvalue weighted by atomic mass is 16.5. The summed E-state index contributed by atoms with van der Waals surface area (Å²) in [6.45, 7) is 0. The largest absolute Gasteiger partial charge is 0.497 e. The van der Waals surface area contributed by atoms with E-state index in [1.54, 1.807) is 18.2 Å². The van der Waals surface area contributed by atoms with Gasteiger partial charge in [-0.15, -0.1) is 0 Å². The lowest BCUT2D eigenvalue weighted by molar-refractivity contribution is 0.0690. The van der Waals surface area contributed by atoms with Gasteiger partial charge >= 0.3 is 5.97 Å². The molecule has 0 radical (unpaired) electrons. The quantitative estimate of drug-likeness (QED) is 0.712. The van der Waals surface area contributed by atoms with Crippen LogP contribution in [0.5, 0.6) is 5.75 Å². The van der Waals surface area contributed by atoms with Gasteiger partial charge in [0, 0.05) is 6.07 Å². The zero-order chi connectivity index (χ0) is 13.6. The molecule has 0 unspecified atom stereocenters. The van der Waals surface area contributed by atoms with Crippen molar-refractivity contribution in [2.24, 2.45) is 0 Å². The van der Waals surface area contributed by atoms with Crippen molar-refractivity contribution in [3.05, 3.63) is 40.3 Å². The molecule has 0 atom stereocenters. The summed E-state index contributed by atoms with van der Waals surface area (Å²) in [5, 5.41) is 11.8. The standard InChI is InChI=1S/C12H9N3O4/c1-19-6-2-3-8-7(4-6)11(16)15-10(13-8)5-9(14-15)12(17)18/h2-5,14H,1H3,(H,17,18). The van der Waals surface area contributed by atoms with Gasteiger partial charge in [-0.05, 0) is 18.2 Å². The van der Waals surface area contributed by atoms with Gasteiger partial charge in [0.15, 0.2) is 5.65 Å². The first kappa shape index (κ1) is 11.3. The van der Waals surface area contributed by atoms with E-state index in [4.69, 9.17) is 9.84 Å². The molecule has 96 valence electrons. The Morgan fingerprint density at radius 1 is 1.42 bits per heavy atom. The van der Waals surface area contributed by atoms with Crippen LogP contribution in [-0.4, -0.2) is 32.8 Å². The minimum Gasteiger partial charge on any atom is -0.497 e. The van der Waals surface area contributed by atoms with Crippen LogP contribution < -0.4 is 10.3 Å². The maximum absolute atomic E-state index is 12.2. The van der Waals surface area contributed by atoms with Crippen molar-refractivity contribution in [1.82, 2.24) is 14.6 Å². The van der Waals surface area contributed by atoms with Gasteiger partial charge in [-0.3, -0.25) is 9.89 Å². The average molecular weight is 259 g/mol. The number of rotatable bonds is 2. The van der Waals surface area contributed by atoms with Crippen LogP contribution in [-0.2, 0) is 0 Å². The third kappa shape index (κ3) is 1.63. The molecule has 2 aromatic heterocycles. The van der Waals surface area contributed by atoms with Crippen molar-refractivity contribution in [2.75, 3.05) is 7.11 Å². The third-order valence-corrected chi connectivity index (χ3v) is 2.84. The number of carbonyl (C=O) groups is 1. The fourth-order valence-electron chi connectivity index (χ4n) is 1.91. The molecule has 2 heterocycles. The maximum Gasteiger partial charge on any atom is 0.353 e. The molecule has 0 amide bonds. The highest BCUT2D eigenvalue weighted by Gasteiger charge is 2.12. The Bertz CT molecular complexity index is 862. The predicted octanol–water partition coefficient (Wildman–Crippen LogP) is 0.883. The lowest BCUT2D eigenvalue weighted by Crippen LogP contribution is -2.15. The molecule has 0 bridgehead atoms. The number of aromatic nitrogens is 3. The highest BCUT2D eigenvalue weighted by Crippen LogP contribution is 2.17. The number of carboxylic acid groups (broad SMARTS) is 1. The SMILES string of the molecule is COc1ccc2nc3cc(C(=O)O)[nH]n3c(=O)c2c1. The lowest BCUT2D eigenvalue weighted by atomic mass is 10.2. The Kier molecular flexibility index (Phi) is 2.28. The van der Waals surface area contributed by atoms with Crippen molar-refractivity contribution in [3.8, 4) is 5.75 Å². The molecule has 19 heavy (non-hydrogen) atoms. The zero-order valence-electron chi connectivity index (χ0n) is 9.88. The Balaban J connectivity index is 2.42. The normalized spacial score (nSPS) is 11.0. The Morgan fingerprint density at radius 2 is 2.21 bits per heavy atom. The van der Waals surface area contributed by atoms with Gasteiger partial charge in [0.25, 0.3) is 5.56 Å². The first-order chi connectivity index (χ1) is 9.10. The van der Waals surface area contributed by atoms with Gasteiger partial charge < -0.3 is 9.84 Å². The number of carboxylic acids is 1. The van der Waals surface area contributed by atoms with Crippen LogP contribution in [0.25, 0.3) is 16.6 Å². The van der Waals surface area contributed by atoms with E-state index >= 15 is 0 Å². The number of aromatic carboxylic acids is 1. The Hall–Kier alpha value is -2.83. The number of H-pyrrole nitrogens is 1. The first-order valence-corrected chi connectivity index (χ1v) is 5.43. The smallest absolute Gasteiger partial charge is 0.353 e. The number of nitrogens with zero attached hydrogens (tertiary/aromatic N) is 2. The monoisotopic (exact) mass is 259 g/mol. The molecular weight excluding hydrogens is 250 g/mol. The minimum absolute atomic E-state index is 0.0909. The lowest BCUT2D eigenvalue weighted by Gasteiger charge is -2.02. The summed E-state index contributed by atoms with van der Waals surface area (Å²) in [7, 11) is 1.50.